The minimum absolute atomic E-state index is 0.0493. The largest absolute Gasteiger partial charge is 0.469 e. The zero-order valence-electron chi connectivity index (χ0n) is 11.7. The first-order valence-corrected chi connectivity index (χ1v) is 6.45. The standard InChI is InChI=1S/C15H19NO4/c1-16-14(18)9-8-12(15(19)20-2)10-13(17)11-6-4-3-5-7-11/h3-7,12H,8-10H2,1-2H3,(H,16,18). The summed E-state index contributed by atoms with van der Waals surface area (Å²) in [5, 5.41) is 2.49. The number of ketones is 1. The molecular formula is C15H19NO4. The van der Waals surface area contributed by atoms with E-state index in [1.54, 1.807) is 24.3 Å². The number of methoxy groups -OCH3 is 1. The molecule has 0 aliphatic heterocycles. The molecule has 0 radical (unpaired) electrons. The molecule has 0 saturated carbocycles. The number of benzene rings is 1. The van der Waals surface area contributed by atoms with Gasteiger partial charge in [0.2, 0.25) is 5.91 Å². The summed E-state index contributed by atoms with van der Waals surface area (Å²) >= 11 is 0. The quantitative estimate of drug-likeness (QED) is 0.606. The van der Waals surface area contributed by atoms with Crippen molar-refractivity contribution in [1.29, 1.82) is 0 Å². The molecule has 0 aliphatic rings. The van der Waals surface area contributed by atoms with Gasteiger partial charge in [0.05, 0.1) is 13.0 Å². The fourth-order valence-electron chi connectivity index (χ4n) is 1.87. The molecule has 1 aromatic rings. The number of hydrogen-bond acceptors (Lipinski definition) is 4. The lowest BCUT2D eigenvalue weighted by Crippen LogP contribution is -2.24. The van der Waals surface area contributed by atoms with Crippen molar-refractivity contribution in [2.45, 2.75) is 19.3 Å². The van der Waals surface area contributed by atoms with Crippen LogP contribution in [-0.2, 0) is 14.3 Å². The second-order valence-electron chi connectivity index (χ2n) is 4.43. The number of amides is 1. The van der Waals surface area contributed by atoms with Gasteiger partial charge in [-0.3, -0.25) is 14.4 Å². The van der Waals surface area contributed by atoms with Gasteiger partial charge >= 0.3 is 5.97 Å². The smallest absolute Gasteiger partial charge is 0.309 e. The Balaban J connectivity index is 2.67. The molecule has 0 saturated heterocycles. The van der Waals surface area contributed by atoms with E-state index in [1.165, 1.54) is 14.2 Å². The van der Waals surface area contributed by atoms with E-state index in [9.17, 15) is 14.4 Å². The van der Waals surface area contributed by atoms with Crippen molar-refractivity contribution in [3.63, 3.8) is 0 Å². The summed E-state index contributed by atoms with van der Waals surface area (Å²) in [5.74, 6) is -1.34. The van der Waals surface area contributed by atoms with Gasteiger partial charge in [-0.15, -0.1) is 0 Å². The molecule has 1 unspecified atom stereocenters. The molecule has 0 spiro atoms. The Morgan fingerprint density at radius 3 is 2.40 bits per heavy atom. The third kappa shape index (κ3) is 4.84. The number of carbonyl (C=O) groups is 3. The lowest BCUT2D eigenvalue weighted by Gasteiger charge is -2.13. The molecule has 1 N–H and O–H groups in total. The van der Waals surface area contributed by atoms with Crippen LogP contribution in [0.15, 0.2) is 30.3 Å². The van der Waals surface area contributed by atoms with E-state index in [0.717, 1.165) is 0 Å². The van der Waals surface area contributed by atoms with Crippen LogP contribution in [-0.4, -0.2) is 31.8 Å². The Bertz CT molecular complexity index is 470. The van der Waals surface area contributed by atoms with Crippen LogP contribution in [0.5, 0.6) is 0 Å². The van der Waals surface area contributed by atoms with E-state index in [4.69, 9.17) is 4.74 Å². The van der Waals surface area contributed by atoms with E-state index in [0.29, 0.717) is 12.0 Å². The molecule has 0 heterocycles. The number of ether oxygens (including phenoxy) is 1. The number of Topliss-reactive ketones (excluding diaryl/α,β-unsaturated/α-hetero) is 1. The van der Waals surface area contributed by atoms with Gasteiger partial charge in [-0.2, -0.15) is 0 Å². The summed E-state index contributed by atoms with van der Waals surface area (Å²) in [7, 11) is 2.81. The average molecular weight is 277 g/mol. The maximum absolute atomic E-state index is 12.1. The van der Waals surface area contributed by atoms with Gasteiger partial charge in [0.1, 0.15) is 0 Å². The van der Waals surface area contributed by atoms with Crippen LogP contribution < -0.4 is 5.32 Å². The predicted octanol–water partition coefficient (Wildman–Crippen LogP) is 1.57. The molecule has 108 valence electrons. The zero-order valence-corrected chi connectivity index (χ0v) is 11.7. The van der Waals surface area contributed by atoms with Gasteiger partial charge in [-0.05, 0) is 6.42 Å². The Labute approximate surface area is 118 Å². The van der Waals surface area contributed by atoms with Crippen molar-refractivity contribution in [3.8, 4) is 0 Å². The molecule has 1 aromatic carbocycles. The Morgan fingerprint density at radius 2 is 1.85 bits per heavy atom. The molecular weight excluding hydrogens is 258 g/mol. The number of nitrogens with one attached hydrogen (secondary N) is 1. The third-order valence-electron chi connectivity index (χ3n) is 3.06. The number of hydrogen-bond donors (Lipinski definition) is 1. The first-order valence-electron chi connectivity index (χ1n) is 6.45. The van der Waals surface area contributed by atoms with Crippen LogP contribution in [0.1, 0.15) is 29.6 Å². The summed E-state index contributed by atoms with van der Waals surface area (Å²) in [6, 6.07) is 8.76. The lowest BCUT2D eigenvalue weighted by molar-refractivity contribution is -0.145. The molecule has 5 nitrogen and oxygen atoms in total. The van der Waals surface area contributed by atoms with Gasteiger partial charge in [-0.1, -0.05) is 30.3 Å². The normalized spacial score (nSPS) is 11.5. The van der Waals surface area contributed by atoms with Crippen molar-refractivity contribution in [3.05, 3.63) is 35.9 Å². The highest BCUT2D eigenvalue weighted by molar-refractivity contribution is 5.98. The summed E-state index contributed by atoms with van der Waals surface area (Å²) in [5.41, 5.74) is 0.557. The zero-order chi connectivity index (χ0) is 15.0. The van der Waals surface area contributed by atoms with Gasteiger partial charge < -0.3 is 10.1 Å². The molecule has 1 rings (SSSR count). The van der Waals surface area contributed by atoms with E-state index in [-0.39, 0.29) is 24.5 Å². The molecule has 1 atom stereocenters. The van der Waals surface area contributed by atoms with Gasteiger partial charge in [-0.25, -0.2) is 0 Å². The number of rotatable bonds is 7. The number of esters is 1. The fraction of sp³-hybridized carbons (Fsp3) is 0.400. The Kier molecular flexibility index (Phi) is 6.43. The Morgan fingerprint density at radius 1 is 1.20 bits per heavy atom. The summed E-state index contributed by atoms with van der Waals surface area (Å²) in [6.07, 6.45) is 0.539. The lowest BCUT2D eigenvalue weighted by atomic mass is 9.94. The van der Waals surface area contributed by atoms with Crippen molar-refractivity contribution in [2.24, 2.45) is 5.92 Å². The SMILES string of the molecule is CNC(=O)CCC(CC(=O)c1ccccc1)C(=O)OC. The molecule has 1 amide bonds. The van der Waals surface area contributed by atoms with Crippen LogP contribution in [0, 0.1) is 5.92 Å². The summed E-state index contributed by atoms with van der Waals surface area (Å²) in [4.78, 5) is 35.0. The van der Waals surface area contributed by atoms with Crippen LogP contribution in [0.25, 0.3) is 0 Å². The van der Waals surface area contributed by atoms with Crippen LogP contribution in [0.2, 0.25) is 0 Å². The number of carbonyl (C=O) groups excluding carboxylic acids is 3. The first kappa shape index (κ1) is 15.9. The minimum atomic E-state index is -0.593. The second-order valence-corrected chi connectivity index (χ2v) is 4.43. The van der Waals surface area contributed by atoms with Crippen molar-refractivity contribution in [2.75, 3.05) is 14.2 Å². The maximum Gasteiger partial charge on any atom is 0.309 e. The topological polar surface area (TPSA) is 72.5 Å². The highest BCUT2D eigenvalue weighted by Crippen LogP contribution is 2.17. The highest BCUT2D eigenvalue weighted by Gasteiger charge is 2.23. The third-order valence-corrected chi connectivity index (χ3v) is 3.06. The van der Waals surface area contributed by atoms with Gasteiger partial charge in [0.25, 0.3) is 0 Å². The molecule has 0 fully saturated rings. The van der Waals surface area contributed by atoms with Crippen molar-refractivity contribution in [1.82, 2.24) is 5.32 Å². The van der Waals surface area contributed by atoms with E-state index >= 15 is 0 Å². The molecule has 20 heavy (non-hydrogen) atoms. The average Bonchev–Trinajstić information content (AvgIpc) is 2.50. The van der Waals surface area contributed by atoms with E-state index in [1.807, 2.05) is 6.07 Å². The highest BCUT2D eigenvalue weighted by atomic mass is 16.5. The summed E-state index contributed by atoms with van der Waals surface area (Å²) < 4.78 is 4.69. The maximum atomic E-state index is 12.1. The van der Waals surface area contributed by atoms with Crippen LogP contribution in [0.3, 0.4) is 0 Å². The fourth-order valence-corrected chi connectivity index (χ4v) is 1.87. The monoisotopic (exact) mass is 277 g/mol. The Hall–Kier alpha value is -2.17. The summed E-state index contributed by atoms with van der Waals surface area (Å²) in [6.45, 7) is 0. The van der Waals surface area contributed by atoms with Gasteiger partial charge in [0, 0.05) is 25.5 Å². The van der Waals surface area contributed by atoms with Crippen LogP contribution >= 0.6 is 0 Å². The minimum Gasteiger partial charge on any atom is -0.469 e. The van der Waals surface area contributed by atoms with E-state index in [2.05, 4.69) is 5.32 Å². The predicted molar refractivity (Wildman–Crippen MR) is 74.2 cm³/mol. The molecule has 5 heteroatoms. The molecule has 0 aromatic heterocycles. The van der Waals surface area contributed by atoms with E-state index < -0.39 is 11.9 Å². The van der Waals surface area contributed by atoms with Crippen molar-refractivity contribution >= 4 is 17.7 Å². The second kappa shape index (κ2) is 8.09. The van der Waals surface area contributed by atoms with Crippen molar-refractivity contribution < 1.29 is 19.1 Å². The van der Waals surface area contributed by atoms with Gasteiger partial charge in [0.15, 0.2) is 5.78 Å². The molecule has 0 aliphatic carbocycles. The van der Waals surface area contributed by atoms with Crippen LogP contribution in [0.4, 0.5) is 0 Å². The molecule has 0 bridgehead atoms. The first-order chi connectivity index (χ1) is 9.58.